The van der Waals surface area contributed by atoms with Crippen LogP contribution in [0.5, 0.6) is 0 Å². The largest absolute Gasteiger partial charge is 0.354 e. The van der Waals surface area contributed by atoms with Crippen LogP contribution in [0.15, 0.2) is 27.2 Å². The maximum atomic E-state index is 4.34. The van der Waals surface area contributed by atoms with Gasteiger partial charge in [0.25, 0.3) is 0 Å². The van der Waals surface area contributed by atoms with E-state index in [4.69, 9.17) is 0 Å². The molecule has 0 radical (unpaired) electrons. The number of aryl methyl sites for hydroxylation is 1. The highest BCUT2D eigenvalue weighted by atomic mass is 79.9. The Morgan fingerprint density at radius 1 is 1.50 bits per heavy atom. The van der Waals surface area contributed by atoms with Gasteiger partial charge in [0.05, 0.1) is 10.3 Å². The number of nitrogens with one attached hydrogen (secondary N) is 1. The van der Waals surface area contributed by atoms with Crippen molar-refractivity contribution in [2.24, 2.45) is 4.99 Å². The normalized spacial score (nSPS) is 11.7. The fourth-order valence-electron chi connectivity index (χ4n) is 2.16. The van der Waals surface area contributed by atoms with Gasteiger partial charge in [0.2, 0.25) is 0 Å². The highest BCUT2D eigenvalue weighted by Gasteiger charge is 2.08. The smallest absolute Gasteiger partial charge is 0.193 e. The highest BCUT2D eigenvalue weighted by Crippen LogP contribution is 2.22. The van der Waals surface area contributed by atoms with E-state index in [1.54, 1.807) is 24.7 Å². The Morgan fingerprint density at radius 2 is 2.32 bits per heavy atom. The van der Waals surface area contributed by atoms with E-state index >= 15 is 0 Å². The standard InChI is InChI=1S/C14H21BrN6S/c1-4-13-19-18-10-21(13)8-7-17-14(16-2)20(3)9-11-5-6-12(15)22-11/h5-6,10H,4,7-9H2,1-3H3,(H,16,17). The van der Waals surface area contributed by atoms with Gasteiger partial charge in [-0.05, 0) is 28.1 Å². The molecule has 2 rings (SSSR count). The number of rotatable bonds is 6. The van der Waals surface area contributed by atoms with Gasteiger partial charge < -0.3 is 14.8 Å². The van der Waals surface area contributed by atoms with Crippen LogP contribution in [0.2, 0.25) is 0 Å². The lowest BCUT2D eigenvalue weighted by Gasteiger charge is -2.21. The number of aliphatic imine (C=N–C) groups is 1. The first-order valence-electron chi connectivity index (χ1n) is 7.16. The van der Waals surface area contributed by atoms with E-state index in [1.807, 2.05) is 7.05 Å². The maximum Gasteiger partial charge on any atom is 0.193 e. The summed E-state index contributed by atoms with van der Waals surface area (Å²) in [6.07, 6.45) is 2.66. The monoisotopic (exact) mass is 384 g/mol. The minimum Gasteiger partial charge on any atom is -0.354 e. The third kappa shape index (κ3) is 4.54. The van der Waals surface area contributed by atoms with Gasteiger partial charge in [-0.25, -0.2) is 0 Å². The minimum atomic E-state index is 0.788. The van der Waals surface area contributed by atoms with Gasteiger partial charge in [0, 0.05) is 38.5 Å². The van der Waals surface area contributed by atoms with Crippen LogP contribution in [0.1, 0.15) is 17.6 Å². The maximum absolute atomic E-state index is 4.34. The second-order valence-electron chi connectivity index (χ2n) is 4.83. The molecular formula is C14H21BrN6S. The van der Waals surface area contributed by atoms with Crippen LogP contribution in [0.25, 0.3) is 0 Å². The molecule has 1 N–H and O–H groups in total. The second-order valence-corrected chi connectivity index (χ2v) is 7.38. The van der Waals surface area contributed by atoms with Gasteiger partial charge in [-0.3, -0.25) is 4.99 Å². The van der Waals surface area contributed by atoms with Gasteiger partial charge in [-0.1, -0.05) is 6.92 Å². The molecule has 120 valence electrons. The summed E-state index contributed by atoms with van der Waals surface area (Å²) in [6, 6.07) is 4.20. The fraction of sp³-hybridized carbons (Fsp3) is 0.500. The van der Waals surface area contributed by atoms with Gasteiger partial charge >= 0.3 is 0 Å². The quantitative estimate of drug-likeness (QED) is 0.613. The van der Waals surface area contributed by atoms with Crippen LogP contribution in [0, 0.1) is 0 Å². The van der Waals surface area contributed by atoms with Gasteiger partial charge in [0.15, 0.2) is 5.96 Å². The molecule has 22 heavy (non-hydrogen) atoms. The summed E-state index contributed by atoms with van der Waals surface area (Å²) in [5.41, 5.74) is 0. The molecule has 0 fully saturated rings. The van der Waals surface area contributed by atoms with E-state index in [-0.39, 0.29) is 0 Å². The first kappa shape index (κ1) is 17.0. The Balaban J connectivity index is 1.84. The average Bonchev–Trinajstić information content (AvgIpc) is 3.12. The summed E-state index contributed by atoms with van der Waals surface area (Å²) < 4.78 is 3.22. The molecule has 8 heteroatoms. The molecule has 0 saturated carbocycles. The van der Waals surface area contributed by atoms with Crippen molar-refractivity contribution in [3.63, 3.8) is 0 Å². The van der Waals surface area contributed by atoms with Crippen LogP contribution in [-0.2, 0) is 19.5 Å². The highest BCUT2D eigenvalue weighted by molar-refractivity contribution is 9.11. The molecule has 0 amide bonds. The van der Waals surface area contributed by atoms with Crippen LogP contribution in [0.4, 0.5) is 0 Å². The predicted octanol–water partition coefficient (Wildman–Crippen LogP) is 2.37. The molecular weight excluding hydrogens is 364 g/mol. The van der Waals surface area contributed by atoms with Gasteiger partial charge in [-0.2, -0.15) is 0 Å². The van der Waals surface area contributed by atoms with E-state index in [0.29, 0.717) is 0 Å². The van der Waals surface area contributed by atoms with Crippen molar-refractivity contribution in [2.75, 3.05) is 20.6 Å². The van der Waals surface area contributed by atoms with Crippen molar-refractivity contribution in [1.29, 1.82) is 0 Å². The first-order chi connectivity index (χ1) is 10.6. The Bertz CT molecular complexity index is 620. The van der Waals surface area contributed by atoms with Crippen molar-refractivity contribution in [1.82, 2.24) is 25.0 Å². The number of aromatic nitrogens is 3. The molecule has 0 spiro atoms. The van der Waals surface area contributed by atoms with E-state index in [1.165, 1.54) is 4.88 Å². The lowest BCUT2D eigenvalue weighted by Crippen LogP contribution is -2.39. The Hall–Kier alpha value is -1.41. The Labute approximate surface area is 143 Å². The third-order valence-electron chi connectivity index (χ3n) is 3.24. The summed E-state index contributed by atoms with van der Waals surface area (Å²) in [5, 5.41) is 11.4. The SMILES string of the molecule is CCc1nncn1CCNC(=NC)N(C)Cc1ccc(Br)s1. The van der Waals surface area contributed by atoms with Crippen molar-refractivity contribution in [3.8, 4) is 0 Å². The van der Waals surface area contributed by atoms with Gasteiger partial charge in [0.1, 0.15) is 12.2 Å². The molecule has 0 atom stereocenters. The zero-order valence-electron chi connectivity index (χ0n) is 13.1. The molecule has 2 aromatic rings. The zero-order chi connectivity index (χ0) is 15.9. The average molecular weight is 385 g/mol. The van der Waals surface area contributed by atoms with E-state index < -0.39 is 0 Å². The lowest BCUT2D eigenvalue weighted by atomic mass is 10.4. The molecule has 2 aromatic heterocycles. The number of thiophene rings is 1. The Kier molecular flexibility index (Phi) is 6.38. The molecule has 0 unspecified atom stereocenters. The predicted molar refractivity (Wildman–Crippen MR) is 94.2 cm³/mol. The number of hydrogen-bond acceptors (Lipinski definition) is 4. The third-order valence-corrected chi connectivity index (χ3v) is 4.85. The number of halogens is 1. The molecule has 0 aliphatic heterocycles. The zero-order valence-corrected chi connectivity index (χ0v) is 15.5. The minimum absolute atomic E-state index is 0.788. The first-order valence-corrected chi connectivity index (χ1v) is 8.77. The van der Waals surface area contributed by atoms with Crippen molar-refractivity contribution in [3.05, 3.63) is 32.9 Å². The van der Waals surface area contributed by atoms with E-state index in [0.717, 1.165) is 41.6 Å². The molecule has 0 aliphatic carbocycles. The van der Waals surface area contributed by atoms with Crippen LogP contribution in [0.3, 0.4) is 0 Å². The number of nitrogens with zero attached hydrogens (tertiary/aromatic N) is 5. The van der Waals surface area contributed by atoms with Crippen LogP contribution >= 0.6 is 27.3 Å². The lowest BCUT2D eigenvalue weighted by molar-refractivity contribution is 0.477. The van der Waals surface area contributed by atoms with Crippen LogP contribution in [-0.4, -0.2) is 46.3 Å². The molecule has 0 aromatic carbocycles. The van der Waals surface area contributed by atoms with E-state index in [9.17, 15) is 0 Å². The molecule has 0 aliphatic rings. The number of hydrogen-bond donors (Lipinski definition) is 1. The fourth-order valence-corrected chi connectivity index (χ4v) is 3.69. The summed E-state index contributed by atoms with van der Waals surface area (Å²) >= 11 is 5.24. The molecule has 0 saturated heterocycles. The summed E-state index contributed by atoms with van der Waals surface area (Å²) in [6.45, 7) is 4.53. The molecule has 2 heterocycles. The molecule has 0 bridgehead atoms. The van der Waals surface area contributed by atoms with Crippen molar-refractivity contribution in [2.45, 2.75) is 26.4 Å². The molecule has 6 nitrogen and oxygen atoms in total. The van der Waals surface area contributed by atoms with Gasteiger partial charge in [-0.15, -0.1) is 21.5 Å². The summed E-state index contributed by atoms with van der Waals surface area (Å²) in [7, 11) is 3.85. The summed E-state index contributed by atoms with van der Waals surface area (Å²) in [4.78, 5) is 7.75. The Morgan fingerprint density at radius 3 is 2.95 bits per heavy atom. The number of guanidine groups is 1. The van der Waals surface area contributed by atoms with Crippen molar-refractivity contribution < 1.29 is 0 Å². The second kappa shape index (κ2) is 8.28. The van der Waals surface area contributed by atoms with Crippen molar-refractivity contribution >= 4 is 33.2 Å². The topological polar surface area (TPSA) is 58.3 Å². The van der Waals surface area contributed by atoms with Crippen LogP contribution < -0.4 is 5.32 Å². The summed E-state index contributed by atoms with van der Waals surface area (Å²) in [5.74, 6) is 1.89. The van der Waals surface area contributed by atoms with E-state index in [2.05, 4.69) is 65.0 Å².